The lowest BCUT2D eigenvalue weighted by Gasteiger charge is -2.30. The molecule has 0 heterocycles. The molecule has 1 aliphatic rings. The number of halogens is 1. The van der Waals surface area contributed by atoms with Gasteiger partial charge in [0.1, 0.15) is 0 Å². The van der Waals surface area contributed by atoms with Crippen molar-refractivity contribution in [1.29, 1.82) is 0 Å². The topological polar surface area (TPSA) is 0 Å². The summed E-state index contributed by atoms with van der Waals surface area (Å²) in [7, 11) is 0. The molecule has 1 rings (SSSR count). The SMILES string of the molecule is C=CCC1CC(Cl)CCC1C. The molecule has 1 heteroatoms. The fourth-order valence-corrected chi connectivity index (χ4v) is 2.26. The Labute approximate surface area is 74.6 Å². The molecule has 0 amide bonds. The van der Waals surface area contributed by atoms with Gasteiger partial charge in [0.25, 0.3) is 0 Å². The predicted molar refractivity (Wildman–Crippen MR) is 51.0 cm³/mol. The maximum Gasteiger partial charge on any atom is 0.0339 e. The average molecular weight is 173 g/mol. The lowest BCUT2D eigenvalue weighted by atomic mass is 9.78. The molecule has 1 aliphatic carbocycles. The van der Waals surface area contributed by atoms with Gasteiger partial charge >= 0.3 is 0 Å². The average Bonchev–Trinajstić information content (AvgIpc) is 1.98. The van der Waals surface area contributed by atoms with Crippen molar-refractivity contribution in [3.63, 3.8) is 0 Å². The molecule has 1 saturated carbocycles. The van der Waals surface area contributed by atoms with E-state index < -0.39 is 0 Å². The molecule has 0 aromatic heterocycles. The molecule has 1 fully saturated rings. The van der Waals surface area contributed by atoms with Crippen LogP contribution in [-0.2, 0) is 0 Å². The number of allylic oxidation sites excluding steroid dienone is 1. The van der Waals surface area contributed by atoms with Gasteiger partial charge in [-0.15, -0.1) is 18.2 Å². The summed E-state index contributed by atoms with van der Waals surface area (Å²) in [5.41, 5.74) is 0. The Balaban J connectivity index is 2.40. The predicted octanol–water partition coefficient (Wildman–Crippen LogP) is 3.61. The van der Waals surface area contributed by atoms with Crippen molar-refractivity contribution in [2.24, 2.45) is 11.8 Å². The number of rotatable bonds is 2. The van der Waals surface area contributed by atoms with Crippen LogP contribution >= 0.6 is 11.6 Å². The Morgan fingerprint density at radius 2 is 2.27 bits per heavy atom. The Bertz CT molecular complexity index is 131. The molecule has 0 bridgehead atoms. The van der Waals surface area contributed by atoms with E-state index in [1.54, 1.807) is 0 Å². The normalized spacial score (nSPS) is 38.5. The number of hydrogen-bond acceptors (Lipinski definition) is 0. The van der Waals surface area contributed by atoms with E-state index in [1.165, 1.54) is 19.3 Å². The first-order valence-electron chi connectivity index (χ1n) is 4.49. The highest BCUT2D eigenvalue weighted by molar-refractivity contribution is 6.20. The molecule has 0 nitrogen and oxygen atoms in total. The molecule has 0 saturated heterocycles. The van der Waals surface area contributed by atoms with Gasteiger partial charge in [-0.3, -0.25) is 0 Å². The van der Waals surface area contributed by atoms with E-state index >= 15 is 0 Å². The minimum Gasteiger partial charge on any atom is -0.123 e. The van der Waals surface area contributed by atoms with Crippen molar-refractivity contribution in [3.05, 3.63) is 12.7 Å². The van der Waals surface area contributed by atoms with Crippen LogP contribution in [0.25, 0.3) is 0 Å². The molecule has 64 valence electrons. The van der Waals surface area contributed by atoms with Crippen molar-refractivity contribution < 1.29 is 0 Å². The van der Waals surface area contributed by atoms with Gasteiger partial charge in [-0.2, -0.15) is 0 Å². The van der Waals surface area contributed by atoms with Crippen molar-refractivity contribution in [1.82, 2.24) is 0 Å². The van der Waals surface area contributed by atoms with Gasteiger partial charge in [-0.1, -0.05) is 13.0 Å². The summed E-state index contributed by atoms with van der Waals surface area (Å²) in [5.74, 6) is 1.65. The van der Waals surface area contributed by atoms with Crippen molar-refractivity contribution in [2.45, 2.75) is 38.0 Å². The zero-order valence-electron chi connectivity index (χ0n) is 7.22. The minimum atomic E-state index is 0.427. The van der Waals surface area contributed by atoms with Crippen molar-refractivity contribution in [3.8, 4) is 0 Å². The highest BCUT2D eigenvalue weighted by atomic mass is 35.5. The molecule has 11 heavy (non-hydrogen) atoms. The van der Waals surface area contributed by atoms with Crippen molar-refractivity contribution >= 4 is 11.6 Å². The van der Waals surface area contributed by atoms with E-state index in [-0.39, 0.29) is 0 Å². The van der Waals surface area contributed by atoms with Gasteiger partial charge < -0.3 is 0 Å². The molecule has 3 unspecified atom stereocenters. The third kappa shape index (κ3) is 2.52. The van der Waals surface area contributed by atoms with Gasteiger partial charge in [0.05, 0.1) is 0 Å². The summed E-state index contributed by atoms with van der Waals surface area (Å²) in [5, 5.41) is 0.427. The summed E-state index contributed by atoms with van der Waals surface area (Å²) >= 11 is 6.08. The van der Waals surface area contributed by atoms with Gasteiger partial charge in [-0.25, -0.2) is 0 Å². The molecule has 0 radical (unpaired) electrons. The molecular formula is C10H17Cl. The summed E-state index contributed by atoms with van der Waals surface area (Å²) in [6.45, 7) is 6.10. The zero-order valence-corrected chi connectivity index (χ0v) is 7.98. The lowest BCUT2D eigenvalue weighted by molar-refractivity contribution is 0.262. The molecule has 0 aromatic rings. The van der Waals surface area contributed by atoms with Crippen LogP contribution in [0.5, 0.6) is 0 Å². The van der Waals surface area contributed by atoms with Crippen LogP contribution in [0.1, 0.15) is 32.6 Å². The summed E-state index contributed by atoms with van der Waals surface area (Å²) < 4.78 is 0. The van der Waals surface area contributed by atoms with Crippen LogP contribution in [0.4, 0.5) is 0 Å². The third-order valence-electron chi connectivity index (χ3n) is 2.77. The molecule has 0 aliphatic heterocycles. The Morgan fingerprint density at radius 1 is 1.55 bits per heavy atom. The summed E-state index contributed by atoms with van der Waals surface area (Å²) in [6.07, 6.45) is 6.86. The maximum atomic E-state index is 6.08. The molecule has 0 spiro atoms. The van der Waals surface area contributed by atoms with Crippen LogP contribution < -0.4 is 0 Å². The maximum absolute atomic E-state index is 6.08. The fourth-order valence-electron chi connectivity index (χ4n) is 1.90. The first kappa shape index (κ1) is 9.12. The standard InChI is InChI=1S/C10H17Cl/c1-3-4-9-7-10(11)6-5-8(9)2/h3,8-10H,1,4-7H2,2H3. The fraction of sp³-hybridized carbons (Fsp3) is 0.800. The first-order chi connectivity index (χ1) is 5.24. The van der Waals surface area contributed by atoms with Crippen molar-refractivity contribution in [2.75, 3.05) is 0 Å². The molecular weight excluding hydrogens is 156 g/mol. The quantitative estimate of drug-likeness (QED) is 0.441. The van der Waals surface area contributed by atoms with Crippen LogP contribution in [0.2, 0.25) is 0 Å². The van der Waals surface area contributed by atoms with E-state index in [0.29, 0.717) is 5.38 Å². The van der Waals surface area contributed by atoms with Crippen LogP contribution in [0, 0.1) is 11.8 Å². The minimum absolute atomic E-state index is 0.427. The second-order valence-corrected chi connectivity index (χ2v) is 4.29. The molecule has 0 aromatic carbocycles. The van der Waals surface area contributed by atoms with E-state index in [1.807, 2.05) is 6.08 Å². The van der Waals surface area contributed by atoms with E-state index in [2.05, 4.69) is 13.5 Å². The molecule has 3 atom stereocenters. The summed E-state index contributed by atoms with van der Waals surface area (Å²) in [4.78, 5) is 0. The van der Waals surface area contributed by atoms with E-state index in [9.17, 15) is 0 Å². The highest BCUT2D eigenvalue weighted by Gasteiger charge is 2.25. The van der Waals surface area contributed by atoms with Gasteiger partial charge in [-0.05, 0) is 37.5 Å². The van der Waals surface area contributed by atoms with Gasteiger partial charge in [0, 0.05) is 5.38 Å². The summed E-state index contributed by atoms with van der Waals surface area (Å²) in [6, 6.07) is 0. The zero-order chi connectivity index (χ0) is 8.27. The smallest absolute Gasteiger partial charge is 0.0339 e. The Kier molecular flexibility index (Phi) is 3.45. The number of alkyl halides is 1. The van der Waals surface area contributed by atoms with Crippen LogP contribution in [-0.4, -0.2) is 5.38 Å². The molecule has 0 N–H and O–H groups in total. The second kappa shape index (κ2) is 4.15. The Hall–Kier alpha value is 0.0300. The van der Waals surface area contributed by atoms with E-state index in [4.69, 9.17) is 11.6 Å². The number of hydrogen-bond donors (Lipinski definition) is 0. The monoisotopic (exact) mass is 172 g/mol. The van der Waals surface area contributed by atoms with Crippen LogP contribution in [0.15, 0.2) is 12.7 Å². The first-order valence-corrected chi connectivity index (χ1v) is 4.92. The van der Waals surface area contributed by atoms with Gasteiger partial charge in [0.15, 0.2) is 0 Å². The lowest BCUT2D eigenvalue weighted by Crippen LogP contribution is -2.22. The third-order valence-corrected chi connectivity index (χ3v) is 3.16. The Morgan fingerprint density at radius 3 is 2.91 bits per heavy atom. The van der Waals surface area contributed by atoms with Crippen LogP contribution in [0.3, 0.4) is 0 Å². The van der Waals surface area contributed by atoms with E-state index in [0.717, 1.165) is 18.3 Å². The van der Waals surface area contributed by atoms with Gasteiger partial charge in [0.2, 0.25) is 0 Å². The highest BCUT2D eigenvalue weighted by Crippen LogP contribution is 2.34. The largest absolute Gasteiger partial charge is 0.123 e. The second-order valence-electron chi connectivity index (χ2n) is 3.67.